The van der Waals surface area contributed by atoms with Gasteiger partial charge in [0.2, 0.25) is 5.71 Å². The molecule has 1 spiro atoms. The highest BCUT2D eigenvalue weighted by atomic mass is 16.3. The van der Waals surface area contributed by atoms with Crippen LogP contribution in [-0.2, 0) is 31.1 Å². The van der Waals surface area contributed by atoms with Crippen LogP contribution in [0.4, 0.5) is 0 Å². The number of pyridine rings is 3. The van der Waals surface area contributed by atoms with Crippen LogP contribution < -0.4 is 0 Å². The zero-order valence-corrected chi connectivity index (χ0v) is 34.2. The highest BCUT2D eigenvalue weighted by molar-refractivity contribution is 6.05. The van der Waals surface area contributed by atoms with Crippen molar-refractivity contribution >= 4 is 22.1 Å². The molecule has 288 valence electrons. The second-order valence-electron chi connectivity index (χ2n) is 18.0. The van der Waals surface area contributed by atoms with Crippen molar-refractivity contribution < 1.29 is 9.52 Å². The summed E-state index contributed by atoms with van der Waals surface area (Å²) >= 11 is 0. The van der Waals surface area contributed by atoms with Gasteiger partial charge < -0.3 is 9.52 Å². The van der Waals surface area contributed by atoms with Crippen molar-refractivity contribution in [3.8, 4) is 39.4 Å². The Morgan fingerprint density at radius 2 is 1.26 bits per heavy atom. The van der Waals surface area contributed by atoms with Crippen molar-refractivity contribution in [3.63, 3.8) is 0 Å². The van der Waals surface area contributed by atoms with Gasteiger partial charge in [-0.2, -0.15) is 0 Å². The number of rotatable bonds is 7. The number of benzene rings is 4. The number of hydrogen-bond donors (Lipinski definition) is 1. The van der Waals surface area contributed by atoms with E-state index in [1.165, 1.54) is 39.1 Å². The number of furan rings is 1. The van der Waals surface area contributed by atoms with Gasteiger partial charge in [0.1, 0.15) is 11.3 Å². The highest BCUT2D eigenvalue weighted by Crippen LogP contribution is 2.48. The average molecular weight is 760 g/mol. The lowest BCUT2D eigenvalue weighted by Crippen LogP contribution is -2.23. The predicted octanol–water partition coefficient (Wildman–Crippen LogP) is 12.9. The zero-order chi connectivity index (χ0) is 39.9. The topological polar surface area (TPSA) is 72.0 Å². The van der Waals surface area contributed by atoms with Gasteiger partial charge in [-0.3, -0.25) is 9.97 Å². The molecule has 0 radical (unpaired) electrons. The van der Waals surface area contributed by atoms with E-state index in [0.29, 0.717) is 23.1 Å². The molecule has 0 saturated carbocycles. The van der Waals surface area contributed by atoms with Crippen LogP contribution in [0.2, 0.25) is 0 Å². The first-order valence-electron chi connectivity index (χ1n) is 20.8. The maximum atomic E-state index is 11.1. The van der Waals surface area contributed by atoms with Crippen LogP contribution in [0.5, 0.6) is 5.75 Å². The molecule has 4 aromatic carbocycles. The van der Waals surface area contributed by atoms with Gasteiger partial charge in [-0.05, 0) is 156 Å². The summed E-state index contributed by atoms with van der Waals surface area (Å²) in [4.78, 5) is 15.8. The van der Waals surface area contributed by atoms with Crippen molar-refractivity contribution in [1.29, 1.82) is 0 Å². The number of phenols is 1. The van der Waals surface area contributed by atoms with E-state index in [9.17, 15) is 5.11 Å². The Hall–Kier alpha value is -6.07. The Balaban J connectivity index is 1.04. The van der Waals surface area contributed by atoms with Crippen LogP contribution >= 0.6 is 0 Å². The maximum Gasteiger partial charge on any atom is 0.227 e. The van der Waals surface area contributed by atoms with Crippen LogP contribution in [-0.4, -0.2) is 20.1 Å². The number of aromatic nitrogens is 3. The lowest BCUT2D eigenvalue weighted by atomic mass is 9.80. The van der Waals surface area contributed by atoms with Gasteiger partial charge in [0.05, 0.1) is 22.8 Å². The highest BCUT2D eigenvalue weighted by Gasteiger charge is 2.43. The van der Waals surface area contributed by atoms with Crippen molar-refractivity contribution in [3.05, 3.63) is 166 Å². The van der Waals surface area contributed by atoms with Gasteiger partial charge in [-0.15, -0.1) is 0 Å². The summed E-state index contributed by atoms with van der Waals surface area (Å²) in [5, 5.41) is 13.2. The molecule has 0 unspecified atom stereocenters. The van der Waals surface area contributed by atoms with E-state index in [4.69, 9.17) is 19.4 Å². The van der Waals surface area contributed by atoms with Crippen molar-refractivity contribution in [2.75, 3.05) is 0 Å². The van der Waals surface area contributed by atoms with Crippen molar-refractivity contribution in [2.24, 2.45) is 5.41 Å². The van der Waals surface area contributed by atoms with Gasteiger partial charge >= 0.3 is 0 Å². The van der Waals surface area contributed by atoms with Crippen LogP contribution in [0.25, 0.3) is 55.7 Å². The molecule has 58 heavy (non-hydrogen) atoms. The first-order valence-corrected chi connectivity index (χ1v) is 20.8. The average Bonchev–Trinajstić information content (AvgIpc) is 3.89. The Bertz CT molecular complexity index is 2860. The standard InChI is InChI=1S/C53H49N3O2/c1-31(2)38-16-11-17-39(32(3)4)50(38)36-25-44(40-15-9-10-19-46(40)57)55-49(26-36)52(5,6)48-20-12-18-43(54-48)33-21-22-47-41(23-33)42-24-37-29-53(30-45(37)56-51(42)58-47)27-34-13-7-8-14-35(34)28-53/h7-26,31-32,57H,27-30H2,1-6H3. The lowest BCUT2D eigenvalue weighted by molar-refractivity contribution is 0.325. The van der Waals surface area contributed by atoms with Crippen LogP contribution in [0.1, 0.15) is 98.3 Å². The van der Waals surface area contributed by atoms with E-state index in [2.05, 4.69) is 139 Å². The summed E-state index contributed by atoms with van der Waals surface area (Å²) in [5.74, 6) is 0.866. The molecular formula is C53H49N3O2. The van der Waals surface area contributed by atoms with Gasteiger partial charge in [-0.25, -0.2) is 4.98 Å². The Labute approximate surface area is 340 Å². The number of nitrogens with zero attached hydrogens (tertiary/aromatic N) is 3. The zero-order valence-electron chi connectivity index (χ0n) is 34.2. The molecule has 0 fully saturated rings. The fraction of sp³-hybridized carbons (Fsp3) is 0.264. The predicted molar refractivity (Wildman–Crippen MR) is 236 cm³/mol. The lowest BCUT2D eigenvalue weighted by Gasteiger charge is -2.27. The molecule has 4 heterocycles. The van der Waals surface area contributed by atoms with Crippen LogP contribution in [0.3, 0.4) is 0 Å². The summed E-state index contributed by atoms with van der Waals surface area (Å²) in [6.45, 7) is 13.4. The molecule has 10 rings (SSSR count). The smallest absolute Gasteiger partial charge is 0.227 e. The summed E-state index contributed by atoms with van der Waals surface area (Å²) in [6, 6.07) is 42.5. The molecule has 0 saturated heterocycles. The Morgan fingerprint density at radius 3 is 1.98 bits per heavy atom. The summed E-state index contributed by atoms with van der Waals surface area (Å²) in [5.41, 5.74) is 16.8. The van der Waals surface area contributed by atoms with Crippen molar-refractivity contribution in [1.82, 2.24) is 15.0 Å². The molecule has 5 heteroatoms. The molecule has 5 nitrogen and oxygen atoms in total. The minimum atomic E-state index is -0.581. The van der Waals surface area contributed by atoms with E-state index < -0.39 is 5.41 Å². The monoisotopic (exact) mass is 759 g/mol. The molecule has 2 aliphatic carbocycles. The van der Waals surface area contributed by atoms with E-state index in [0.717, 1.165) is 75.9 Å². The number of hydrogen-bond acceptors (Lipinski definition) is 5. The van der Waals surface area contributed by atoms with Gasteiger partial charge in [0, 0.05) is 33.0 Å². The summed E-state index contributed by atoms with van der Waals surface area (Å²) in [7, 11) is 0. The van der Waals surface area contributed by atoms with Crippen LogP contribution in [0.15, 0.2) is 126 Å². The minimum absolute atomic E-state index is 0.211. The molecule has 8 aromatic rings. The number of para-hydroxylation sites is 1. The normalized spacial score (nSPS) is 14.6. The number of fused-ring (bicyclic) bond motifs is 5. The first-order chi connectivity index (χ1) is 28.0. The van der Waals surface area contributed by atoms with Crippen molar-refractivity contribution in [2.45, 2.75) is 84.5 Å². The Kier molecular flexibility index (Phi) is 8.45. The molecule has 2 aliphatic rings. The number of phenolic OH excluding ortho intramolecular Hbond substituents is 1. The molecule has 0 bridgehead atoms. The third-order valence-corrected chi connectivity index (χ3v) is 13.0. The van der Waals surface area contributed by atoms with Crippen LogP contribution in [0, 0.1) is 5.41 Å². The summed E-state index contributed by atoms with van der Waals surface area (Å²) in [6.07, 6.45) is 4.28. The molecule has 0 aliphatic heterocycles. The third-order valence-electron chi connectivity index (χ3n) is 13.0. The second kappa shape index (κ2) is 13.5. The fourth-order valence-electron chi connectivity index (χ4n) is 9.87. The molecule has 1 N–H and O–H groups in total. The fourth-order valence-corrected chi connectivity index (χ4v) is 9.87. The van der Waals surface area contributed by atoms with E-state index in [1.807, 2.05) is 18.2 Å². The van der Waals surface area contributed by atoms with Gasteiger partial charge in [0.15, 0.2) is 0 Å². The van der Waals surface area contributed by atoms with Gasteiger partial charge in [0.25, 0.3) is 0 Å². The molecule has 4 aromatic heterocycles. The third kappa shape index (κ3) is 6.02. The minimum Gasteiger partial charge on any atom is -0.507 e. The van der Waals surface area contributed by atoms with E-state index >= 15 is 0 Å². The molecular weight excluding hydrogens is 711 g/mol. The quantitative estimate of drug-likeness (QED) is 0.175. The Morgan fingerprint density at radius 1 is 0.586 bits per heavy atom. The first kappa shape index (κ1) is 36.3. The van der Waals surface area contributed by atoms with E-state index in [1.54, 1.807) is 6.07 Å². The summed E-state index contributed by atoms with van der Waals surface area (Å²) < 4.78 is 6.41. The SMILES string of the molecule is CC(C)c1cccc(C(C)C)c1-c1cc(-c2ccccc2O)nc(C(C)(C)c2cccc(-c3ccc4oc5nc6c(cc5c4c3)CC3(Cc4ccccc4C3)C6)n2)c1. The molecule has 0 amide bonds. The second-order valence-corrected chi connectivity index (χ2v) is 18.0. The number of aromatic hydroxyl groups is 1. The van der Waals surface area contributed by atoms with Gasteiger partial charge in [-0.1, -0.05) is 88.4 Å². The molecule has 0 atom stereocenters. The largest absolute Gasteiger partial charge is 0.507 e. The van der Waals surface area contributed by atoms with E-state index in [-0.39, 0.29) is 11.2 Å². The maximum absolute atomic E-state index is 11.1.